The zero-order valence-electron chi connectivity index (χ0n) is 12.6. The first-order valence-electron chi connectivity index (χ1n) is 7.36. The van der Waals surface area contributed by atoms with Gasteiger partial charge in [-0.15, -0.1) is 0 Å². The average molecular weight is 264 g/mol. The fourth-order valence-corrected chi connectivity index (χ4v) is 2.14. The molecule has 0 heterocycles. The van der Waals surface area contributed by atoms with E-state index < -0.39 is 0 Å². The van der Waals surface area contributed by atoms with Crippen molar-refractivity contribution in [3.8, 4) is 5.75 Å². The van der Waals surface area contributed by atoms with Gasteiger partial charge in [-0.2, -0.15) is 0 Å². The second-order valence-corrected chi connectivity index (χ2v) is 4.76. The van der Waals surface area contributed by atoms with Crippen LogP contribution in [-0.4, -0.2) is 38.2 Å². The predicted molar refractivity (Wildman–Crippen MR) is 81.7 cm³/mol. The van der Waals surface area contributed by atoms with E-state index in [1.54, 1.807) is 7.11 Å². The maximum atomic E-state index is 5.22. The predicted octanol–water partition coefficient (Wildman–Crippen LogP) is 2.91. The molecule has 19 heavy (non-hydrogen) atoms. The van der Waals surface area contributed by atoms with Crippen LogP contribution in [0.25, 0.3) is 0 Å². The molecule has 0 fully saturated rings. The van der Waals surface area contributed by atoms with Crippen molar-refractivity contribution >= 4 is 0 Å². The number of nitrogens with zero attached hydrogens (tertiary/aromatic N) is 1. The van der Waals surface area contributed by atoms with Gasteiger partial charge in [-0.25, -0.2) is 0 Å². The number of hydrogen-bond acceptors (Lipinski definition) is 3. The van der Waals surface area contributed by atoms with Crippen molar-refractivity contribution in [2.75, 3.05) is 33.3 Å². The Kier molecular flexibility index (Phi) is 8.26. The van der Waals surface area contributed by atoms with Gasteiger partial charge in [-0.05, 0) is 56.7 Å². The van der Waals surface area contributed by atoms with E-state index in [4.69, 9.17) is 4.74 Å². The zero-order chi connectivity index (χ0) is 13.9. The van der Waals surface area contributed by atoms with E-state index in [9.17, 15) is 0 Å². The minimum absolute atomic E-state index is 0.919. The topological polar surface area (TPSA) is 24.5 Å². The fourth-order valence-electron chi connectivity index (χ4n) is 2.14. The molecule has 0 saturated heterocycles. The van der Waals surface area contributed by atoms with Gasteiger partial charge in [0.05, 0.1) is 7.11 Å². The highest BCUT2D eigenvalue weighted by atomic mass is 16.5. The highest BCUT2D eigenvalue weighted by Crippen LogP contribution is 2.12. The number of ether oxygens (including phenoxy) is 1. The quantitative estimate of drug-likeness (QED) is 0.658. The summed E-state index contributed by atoms with van der Waals surface area (Å²) >= 11 is 0. The van der Waals surface area contributed by atoms with Gasteiger partial charge in [-0.1, -0.05) is 26.0 Å². The molecule has 0 aromatic heterocycles. The second kappa shape index (κ2) is 9.82. The number of hydrogen-bond donors (Lipinski definition) is 1. The Hall–Kier alpha value is -1.06. The van der Waals surface area contributed by atoms with Gasteiger partial charge in [0.1, 0.15) is 5.75 Å². The molecule has 0 aliphatic rings. The molecule has 1 N–H and O–H groups in total. The average Bonchev–Trinajstić information content (AvgIpc) is 2.47. The molecule has 0 spiro atoms. The summed E-state index contributed by atoms with van der Waals surface area (Å²) in [6.07, 6.45) is 2.51. The number of methoxy groups -OCH3 is 1. The van der Waals surface area contributed by atoms with E-state index in [-0.39, 0.29) is 0 Å². The van der Waals surface area contributed by atoms with Crippen molar-refractivity contribution in [3.63, 3.8) is 0 Å². The SMILES string of the molecule is CCN(CC)CCCCNCc1cccc(OC)c1. The van der Waals surface area contributed by atoms with Gasteiger partial charge in [-0.3, -0.25) is 0 Å². The molecule has 3 nitrogen and oxygen atoms in total. The zero-order valence-corrected chi connectivity index (χ0v) is 12.6. The molecule has 0 bridgehead atoms. The van der Waals surface area contributed by atoms with Gasteiger partial charge in [0.25, 0.3) is 0 Å². The van der Waals surface area contributed by atoms with Crippen LogP contribution in [-0.2, 0) is 6.54 Å². The lowest BCUT2D eigenvalue weighted by atomic mass is 10.2. The maximum Gasteiger partial charge on any atom is 0.119 e. The monoisotopic (exact) mass is 264 g/mol. The van der Waals surface area contributed by atoms with Crippen LogP contribution in [0.4, 0.5) is 0 Å². The standard InChI is InChI=1S/C16H28N2O/c1-4-18(5-2)12-7-6-11-17-14-15-9-8-10-16(13-15)19-3/h8-10,13,17H,4-7,11-12,14H2,1-3H3. The largest absolute Gasteiger partial charge is 0.497 e. The van der Waals surface area contributed by atoms with Gasteiger partial charge in [0.2, 0.25) is 0 Å². The Morgan fingerprint density at radius 1 is 1.16 bits per heavy atom. The third-order valence-corrected chi connectivity index (χ3v) is 3.44. The lowest BCUT2D eigenvalue weighted by Gasteiger charge is -2.17. The third kappa shape index (κ3) is 6.60. The Morgan fingerprint density at radius 3 is 2.63 bits per heavy atom. The summed E-state index contributed by atoms with van der Waals surface area (Å²) in [6.45, 7) is 9.99. The maximum absolute atomic E-state index is 5.22. The van der Waals surface area contributed by atoms with Crippen LogP contribution in [0, 0.1) is 0 Å². The lowest BCUT2D eigenvalue weighted by Crippen LogP contribution is -2.25. The van der Waals surface area contributed by atoms with Gasteiger partial charge in [0.15, 0.2) is 0 Å². The van der Waals surface area contributed by atoms with Gasteiger partial charge in [0, 0.05) is 6.54 Å². The smallest absolute Gasteiger partial charge is 0.119 e. The molecule has 0 amide bonds. The molecule has 1 rings (SSSR count). The molecule has 0 aliphatic heterocycles. The summed E-state index contributed by atoms with van der Waals surface area (Å²) in [6, 6.07) is 8.23. The van der Waals surface area contributed by atoms with Crippen molar-refractivity contribution in [2.24, 2.45) is 0 Å². The minimum Gasteiger partial charge on any atom is -0.497 e. The molecular formula is C16H28N2O. The van der Waals surface area contributed by atoms with Crippen molar-refractivity contribution < 1.29 is 4.74 Å². The van der Waals surface area contributed by atoms with E-state index in [1.165, 1.54) is 24.9 Å². The highest BCUT2D eigenvalue weighted by molar-refractivity contribution is 5.28. The molecular weight excluding hydrogens is 236 g/mol. The normalized spacial score (nSPS) is 10.9. The Bertz CT molecular complexity index is 337. The van der Waals surface area contributed by atoms with Crippen LogP contribution < -0.4 is 10.1 Å². The van der Waals surface area contributed by atoms with Crippen molar-refractivity contribution in [2.45, 2.75) is 33.2 Å². The van der Waals surface area contributed by atoms with E-state index in [2.05, 4.69) is 36.2 Å². The van der Waals surface area contributed by atoms with Crippen molar-refractivity contribution in [1.82, 2.24) is 10.2 Å². The first kappa shape index (κ1) is 16.0. The Balaban J connectivity index is 2.10. The van der Waals surface area contributed by atoms with Crippen LogP contribution in [0.2, 0.25) is 0 Å². The number of rotatable bonds is 10. The molecule has 108 valence electrons. The molecule has 0 saturated carbocycles. The molecule has 1 aromatic rings. The second-order valence-electron chi connectivity index (χ2n) is 4.76. The summed E-state index contributed by atoms with van der Waals surface area (Å²) in [5.41, 5.74) is 1.28. The molecule has 0 unspecified atom stereocenters. The van der Waals surface area contributed by atoms with E-state index >= 15 is 0 Å². The van der Waals surface area contributed by atoms with Crippen LogP contribution in [0.15, 0.2) is 24.3 Å². The molecule has 0 radical (unpaired) electrons. The van der Waals surface area contributed by atoms with Gasteiger partial charge >= 0.3 is 0 Å². The molecule has 1 aromatic carbocycles. The van der Waals surface area contributed by atoms with E-state index in [0.717, 1.165) is 31.9 Å². The van der Waals surface area contributed by atoms with Crippen molar-refractivity contribution in [1.29, 1.82) is 0 Å². The number of nitrogens with one attached hydrogen (secondary N) is 1. The summed E-state index contributed by atoms with van der Waals surface area (Å²) in [5.74, 6) is 0.931. The van der Waals surface area contributed by atoms with Crippen LogP contribution in [0.1, 0.15) is 32.3 Å². The lowest BCUT2D eigenvalue weighted by molar-refractivity contribution is 0.296. The molecule has 0 aliphatic carbocycles. The van der Waals surface area contributed by atoms with E-state index in [0.29, 0.717) is 0 Å². The summed E-state index contributed by atoms with van der Waals surface area (Å²) in [4.78, 5) is 2.47. The van der Waals surface area contributed by atoms with Crippen LogP contribution in [0.3, 0.4) is 0 Å². The summed E-state index contributed by atoms with van der Waals surface area (Å²) in [7, 11) is 1.71. The molecule has 3 heteroatoms. The summed E-state index contributed by atoms with van der Waals surface area (Å²) < 4.78 is 5.22. The summed E-state index contributed by atoms with van der Waals surface area (Å²) in [5, 5.41) is 3.49. The number of unbranched alkanes of at least 4 members (excludes halogenated alkanes) is 1. The highest BCUT2D eigenvalue weighted by Gasteiger charge is 1.98. The van der Waals surface area contributed by atoms with Crippen molar-refractivity contribution in [3.05, 3.63) is 29.8 Å². The molecule has 0 atom stereocenters. The third-order valence-electron chi connectivity index (χ3n) is 3.44. The first-order valence-corrected chi connectivity index (χ1v) is 7.36. The Morgan fingerprint density at radius 2 is 1.95 bits per heavy atom. The van der Waals surface area contributed by atoms with Gasteiger partial charge < -0.3 is 15.0 Å². The Labute approximate surface area is 118 Å². The fraction of sp³-hybridized carbons (Fsp3) is 0.625. The van der Waals surface area contributed by atoms with Crippen LogP contribution in [0.5, 0.6) is 5.75 Å². The first-order chi connectivity index (χ1) is 9.30. The van der Waals surface area contributed by atoms with E-state index in [1.807, 2.05) is 12.1 Å². The van der Waals surface area contributed by atoms with Crippen LogP contribution >= 0.6 is 0 Å². The number of benzene rings is 1. The minimum atomic E-state index is 0.919.